The van der Waals surface area contributed by atoms with E-state index in [1.54, 1.807) is 49.6 Å². The molecule has 8 nitrogen and oxygen atoms in total. The summed E-state index contributed by atoms with van der Waals surface area (Å²) in [6, 6.07) is 21.7. The van der Waals surface area contributed by atoms with Gasteiger partial charge >= 0.3 is 0 Å². The zero-order chi connectivity index (χ0) is 30.0. The van der Waals surface area contributed by atoms with Crippen LogP contribution in [-0.2, 0) is 32.6 Å². The second-order valence-electron chi connectivity index (χ2n) is 10.3. The van der Waals surface area contributed by atoms with E-state index in [-0.39, 0.29) is 23.3 Å². The average molecular weight is 580 g/mol. The van der Waals surface area contributed by atoms with E-state index in [4.69, 9.17) is 4.74 Å². The highest BCUT2D eigenvalue weighted by molar-refractivity contribution is 7.92. The van der Waals surface area contributed by atoms with Crippen molar-refractivity contribution in [3.63, 3.8) is 0 Å². The van der Waals surface area contributed by atoms with Crippen molar-refractivity contribution in [2.45, 2.75) is 58.0 Å². The molecular weight excluding hydrogens is 538 g/mol. The number of nitrogens with zero attached hydrogens (tertiary/aromatic N) is 2. The van der Waals surface area contributed by atoms with Crippen LogP contribution >= 0.6 is 0 Å². The number of methoxy groups -OCH3 is 1. The first kappa shape index (κ1) is 31.7. The van der Waals surface area contributed by atoms with Crippen molar-refractivity contribution >= 4 is 27.5 Å². The highest BCUT2D eigenvalue weighted by atomic mass is 32.2. The molecule has 0 aromatic heterocycles. The number of nitrogens with one attached hydrogen (secondary N) is 1. The molecular formula is C32H41N3O5S. The minimum Gasteiger partial charge on any atom is -0.497 e. The van der Waals surface area contributed by atoms with Gasteiger partial charge in [-0.25, -0.2) is 8.42 Å². The number of sulfonamides is 1. The first-order valence-corrected chi connectivity index (χ1v) is 15.4. The molecule has 0 aliphatic rings. The number of rotatable bonds is 14. The van der Waals surface area contributed by atoms with Gasteiger partial charge in [0.1, 0.15) is 18.3 Å². The summed E-state index contributed by atoms with van der Waals surface area (Å²) in [5, 5.41) is 2.94. The maximum absolute atomic E-state index is 14.1. The third kappa shape index (κ3) is 8.33. The summed E-state index contributed by atoms with van der Waals surface area (Å²) in [5.74, 6) is 0.0914. The van der Waals surface area contributed by atoms with Gasteiger partial charge in [0.25, 0.3) is 10.0 Å². The van der Waals surface area contributed by atoms with Gasteiger partial charge < -0.3 is 15.0 Å². The first-order chi connectivity index (χ1) is 19.6. The van der Waals surface area contributed by atoms with Gasteiger partial charge in [-0.05, 0) is 66.3 Å². The molecule has 0 radical (unpaired) electrons. The molecule has 0 heterocycles. The Bertz CT molecular complexity index is 1390. The lowest BCUT2D eigenvalue weighted by molar-refractivity contribution is -0.140. The Morgan fingerprint density at radius 3 is 2.17 bits per heavy atom. The van der Waals surface area contributed by atoms with Crippen molar-refractivity contribution in [3.05, 3.63) is 90.0 Å². The highest BCUT2D eigenvalue weighted by Gasteiger charge is 2.33. The number of hydrogen-bond donors (Lipinski definition) is 1. The topological polar surface area (TPSA) is 96.0 Å². The molecule has 3 aromatic rings. The summed E-state index contributed by atoms with van der Waals surface area (Å²) < 4.78 is 34.3. The molecule has 1 unspecified atom stereocenters. The molecule has 0 aliphatic carbocycles. The number of anilines is 1. The predicted molar refractivity (Wildman–Crippen MR) is 162 cm³/mol. The van der Waals surface area contributed by atoms with E-state index in [2.05, 4.69) is 5.32 Å². The van der Waals surface area contributed by atoms with Crippen LogP contribution in [0.25, 0.3) is 0 Å². The Kier molecular flexibility index (Phi) is 11.3. The number of aryl methyl sites for hydroxylation is 1. The lowest BCUT2D eigenvalue weighted by Crippen LogP contribution is -2.52. The number of amides is 2. The fourth-order valence-electron chi connectivity index (χ4n) is 4.46. The minimum absolute atomic E-state index is 0.0773. The van der Waals surface area contributed by atoms with Crippen LogP contribution in [0.3, 0.4) is 0 Å². The average Bonchev–Trinajstić information content (AvgIpc) is 2.99. The van der Waals surface area contributed by atoms with E-state index in [1.165, 1.54) is 17.0 Å². The van der Waals surface area contributed by atoms with E-state index in [0.717, 1.165) is 21.9 Å². The number of ether oxygens (including phenoxy) is 1. The Hall–Kier alpha value is -3.85. The molecule has 0 saturated carbocycles. The van der Waals surface area contributed by atoms with Crippen molar-refractivity contribution in [1.29, 1.82) is 0 Å². The second-order valence-corrected chi connectivity index (χ2v) is 12.1. The summed E-state index contributed by atoms with van der Waals surface area (Å²) in [5.41, 5.74) is 2.18. The first-order valence-electron chi connectivity index (χ1n) is 14.0. The highest BCUT2D eigenvalue weighted by Crippen LogP contribution is 2.26. The lowest BCUT2D eigenvalue weighted by Gasteiger charge is -2.33. The quantitative estimate of drug-likeness (QED) is 0.289. The van der Waals surface area contributed by atoms with Crippen LogP contribution < -0.4 is 14.4 Å². The summed E-state index contributed by atoms with van der Waals surface area (Å²) in [6.45, 7) is 7.95. The van der Waals surface area contributed by atoms with Crippen LogP contribution in [0.2, 0.25) is 0 Å². The number of hydrogen-bond acceptors (Lipinski definition) is 5. The van der Waals surface area contributed by atoms with Crippen LogP contribution in [0, 0.1) is 5.92 Å². The molecule has 1 N–H and O–H groups in total. The molecule has 0 fully saturated rings. The molecule has 41 heavy (non-hydrogen) atoms. The van der Waals surface area contributed by atoms with E-state index < -0.39 is 28.5 Å². The summed E-state index contributed by atoms with van der Waals surface area (Å²) in [7, 11) is -2.53. The van der Waals surface area contributed by atoms with E-state index >= 15 is 0 Å². The zero-order valence-electron chi connectivity index (χ0n) is 24.5. The molecule has 2 amide bonds. The SMILES string of the molecule is CCc1ccc(N(CC(=O)N(Cc2cccc(OC)c2)C(CC)C(=O)NCC(C)C)S(=O)(=O)c2ccccc2)cc1. The Morgan fingerprint density at radius 1 is 0.902 bits per heavy atom. The Balaban J connectivity index is 2.05. The number of benzene rings is 3. The largest absolute Gasteiger partial charge is 0.497 e. The van der Waals surface area contributed by atoms with Crippen molar-refractivity contribution in [2.75, 3.05) is 24.5 Å². The van der Waals surface area contributed by atoms with Crippen LogP contribution in [0.1, 0.15) is 45.2 Å². The van der Waals surface area contributed by atoms with Gasteiger partial charge in [-0.3, -0.25) is 13.9 Å². The van der Waals surface area contributed by atoms with E-state index in [1.807, 2.05) is 52.0 Å². The smallest absolute Gasteiger partial charge is 0.264 e. The number of carbonyl (C=O) groups is 2. The fourth-order valence-corrected chi connectivity index (χ4v) is 5.89. The third-order valence-electron chi connectivity index (χ3n) is 6.80. The molecule has 0 saturated heterocycles. The van der Waals surface area contributed by atoms with Crippen molar-refractivity contribution < 1.29 is 22.7 Å². The fraction of sp³-hybridized carbons (Fsp3) is 0.375. The summed E-state index contributed by atoms with van der Waals surface area (Å²) in [6.07, 6.45) is 1.15. The summed E-state index contributed by atoms with van der Waals surface area (Å²) >= 11 is 0. The van der Waals surface area contributed by atoms with Crippen molar-refractivity contribution in [1.82, 2.24) is 10.2 Å². The molecule has 0 aliphatic heterocycles. The van der Waals surface area contributed by atoms with Gasteiger partial charge in [0.2, 0.25) is 11.8 Å². The third-order valence-corrected chi connectivity index (χ3v) is 8.59. The number of carbonyl (C=O) groups excluding carboxylic acids is 2. The molecule has 220 valence electrons. The maximum atomic E-state index is 14.1. The van der Waals surface area contributed by atoms with Crippen molar-refractivity contribution in [3.8, 4) is 5.75 Å². The van der Waals surface area contributed by atoms with Gasteiger partial charge in [-0.15, -0.1) is 0 Å². The molecule has 3 rings (SSSR count). The summed E-state index contributed by atoms with van der Waals surface area (Å²) in [4.78, 5) is 29.0. The van der Waals surface area contributed by atoms with Gasteiger partial charge in [0, 0.05) is 13.1 Å². The van der Waals surface area contributed by atoms with Crippen LogP contribution in [0.15, 0.2) is 83.8 Å². The molecule has 0 spiro atoms. The normalized spacial score (nSPS) is 12.0. The zero-order valence-corrected chi connectivity index (χ0v) is 25.4. The lowest BCUT2D eigenvalue weighted by atomic mass is 10.1. The van der Waals surface area contributed by atoms with Gasteiger partial charge in [-0.1, -0.05) is 70.2 Å². The molecule has 1 atom stereocenters. The van der Waals surface area contributed by atoms with E-state index in [0.29, 0.717) is 24.4 Å². The van der Waals surface area contributed by atoms with Crippen molar-refractivity contribution in [2.24, 2.45) is 5.92 Å². The van der Waals surface area contributed by atoms with Gasteiger partial charge in [0.15, 0.2) is 0 Å². The minimum atomic E-state index is -4.09. The van der Waals surface area contributed by atoms with Crippen LogP contribution in [0.4, 0.5) is 5.69 Å². The standard InChI is InChI=1S/C32H41N3O5S/c1-6-25-16-18-27(19-17-25)35(41(38,39)29-14-9-8-10-15-29)23-31(36)34(22-26-12-11-13-28(20-26)40-5)30(7-2)32(37)33-21-24(3)4/h8-20,24,30H,6-7,21-23H2,1-5H3,(H,33,37). The van der Waals surface area contributed by atoms with Crippen LogP contribution in [-0.4, -0.2) is 51.4 Å². The van der Waals surface area contributed by atoms with E-state index in [9.17, 15) is 18.0 Å². The Labute approximate surface area is 244 Å². The molecule has 0 bridgehead atoms. The molecule has 9 heteroatoms. The predicted octanol–water partition coefficient (Wildman–Crippen LogP) is 5.03. The molecule has 3 aromatic carbocycles. The maximum Gasteiger partial charge on any atom is 0.264 e. The van der Waals surface area contributed by atoms with Gasteiger partial charge in [-0.2, -0.15) is 0 Å². The Morgan fingerprint density at radius 2 is 1.59 bits per heavy atom. The van der Waals surface area contributed by atoms with Crippen LogP contribution in [0.5, 0.6) is 5.75 Å². The monoisotopic (exact) mass is 579 g/mol. The second kappa shape index (κ2) is 14.7. The van der Waals surface area contributed by atoms with Gasteiger partial charge in [0.05, 0.1) is 17.7 Å².